The minimum absolute atomic E-state index is 0.721. The Labute approximate surface area is 95.2 Å². The fourth-order valence-electron chi connectivity index (χ4n) is 1.92. The molecule has 0 fully saturated rings. The zero-order valence-electron chi connectivity index (χ0n) is 9.44. The van der Waals surface area contributed by atoms with E-state index < -0.39 is 0 Å². The Balaban J connectivity index is 2.51. The molecule has 0 atom stereocenters. The second-order valence-electron chi connectivity index (χ2n) is 3.74. The van der Waals surface area contributed by atoms with E-state index in [9.17, 15) is 0 Å². The Morgan fingerprint density at radius 2 is 2.12 bits per heavy atom. The molecule has 0 unspecified atom stereocenters. The zero-order valence-corrected chi connectivity index (χ0v) is 9.44. The van der Waals surface area contributed by atoms with Crippen LogP contribution in [0.1, 0.15) is 12.0 Å². The largest absolute Gasteiger partial charge is 0.496 e. The average Bonchev–Trinajstić information content (AvgIpc) is 2.36. The summed E-state index contributed by atoms with van der Waals surface area (Å²) in [4.78, 5) is 4.14. The average molecular weight is 216 g/mol. The Morgan fingerprint density at radius 3 is 2.88 bits per heavy atom. The summed E-state index contributed by atoms with van der Waals surface area (Å²) in [7, 11) is 1.68. The van der Waals surface area contributed by atoms with Gasteiger partial charge in [-0.1, -0.05) is 6.07 Å². The van der Waals surface area contributed by atoms with E-state index in [4.69, 9.17) is 10.5 Å². The van der Waals surface area contributed by atoms with Crippen LogP contribution in [0.15, 0.2) is 30.6 Å². The van der Waals surface area contributed by atoms with Gasteiger partial charge in [-0.2, -0.15) is 0 Å². The first-order valence-electron chi connectivity index (χ1n) is 5.46. The SMILES string of the molecule is COc1ccc(CCCN)c2ccncc12. The molecule has 0 bridgehead atoms. The number of aryl methyl sites for hydroxylation is 1. The lowest BCUT2D eigenvalue weighted by Crippen LogP contribution is -2.01. The van der Waals surface area contributed by atoms with E-state index in [1.807, 2.05) is 24.5 Å². The highest BCUT2D eigenvalue weighted by Crippen LogP contribution is 2.28. The van der Waals surface area contributed by atoms with Crippen LogP contribution < -0.4 is 10.5 Å². The molecule has 3 heteroatoms. The predicted octanol–water partition coefficient (Wildman–Crippen LogP) is 2.13. The molecule has 3 nitrogen and oxygen atoms in total. The number of aromatic nitrogens is 1. The van der Waals surface area contributed by atoms with Gasteiger partial charge in [0, 0.05) is 17.8 Å². The third-order valence-electron chi connectivity index (χ3n) is 2.74. The lowest BCUT2D eigenvalue weighted by atomic mass is 10.0. The summed E-state index contributed by atoms with van der Waals surface area (Å²) in [6, 6.07) is 6.14. The molecule has 16 heavy (non-hydrogen) atoms. The number of ether oxygens (including phenoxy) is 1. The Morgan fingerprint density at radius 1 is 1.25 bits per heavy atom. The van der Waals surface area contributed by atoms with Gasteiger partial charge < -0.3 is 10.5 Å². The molecule has 2 rings (SSSR count). The molecular formula is C13H16N2O. The number of rotatable bonds is 4. The van der Waals surface area contributed by atoms with Crippen LogP contribution in [-0.4, -0.2) is 18.6 Å². The molecule has 0 radical (unpaired) electrons. The van der Waals surface area contributed by atoms with E-state index >= 15 is 0 Å². The normalized spacial score (nSPS) is 10.6. The Bertz CT molecular complexity index is 482. The van der Waals surface area contributed by atoms with Crippen LogP contribution in [-0.2, 0) is 6.42 Å². The fourth-order valence-corrected chi connectivity index (χ4v) is 1.92. The number of methoxy groups -OCH3 is 1. The molecule has 2 N–H and O–H groups in total. The van der Waals surface area contributed by atoms with Gasteiger partial charge >= 0.3 is 0 Å². The van der Waals surface area contributed by atoms with Crippen molar-refractivity contribution in [1.29, 1.82) is 0 Å². The van der Waals surface area contributed by atoms with Gasteiger partial charge in [-0.15, -0.1) is 0 Å². The van der Waals surface area contributed by atoms with Gasteiger partial charge in [0.15, 0.2) is 0 Å². The molecule has 0 spiro atoms. The first kappa shape index (κ1) is 10.9. The van der Waals surface area contributed by atoms with Crippen molar-refractivity contribution < 1.29 is 4.74 Å². The van der Waals surface area contributed by atoms with Gasteiger partial charge in [0.05, 0.1) is 7.11 Å². The standard InChI is InChI=1S/C13H16N2O/c1-16-13-5-4-10(3-2-7-14)11-6-8-15-9-12(11)13/h4-6,8-9H,2-3,7,14H2,1H3. The van der Waals surface area contributed by atoms with Crippen molar-refractivity contribution in [2.75, 3.05) is 13.7 Å². The molecule has 0 saturated heterocycles. The van der Waals surface area contributed by atoms with Crippen LogP contribution >= 0.6 is 0 Å². The molecule has 0 amide bonds. The zero-order chi connectivity index (χ0) is 11.4. The number of fused-ring (bicyclic) bond motifs is 1. The third kappa shape index (κ3) is 1.99. The molecule has 1 aromatic carbocycles. The number of nitrogens with two attached hydrogens (primary N) is 1. The number of hydrogen-bond donors (Lipinski definition) is 1. The molecule has 1 aromatic heterocycles. The Kier molecular flexibility index (Phi) is 3.37. The summed E-state index contributed by atoms with van der Waals surface area (Å²) < 4.78 is 5.32. The number of benzene rings is 1. The van der Waals surface area contributed by atoms with Crippen molar-refractivity contribution in [1.82, 2.24) is 4.98 Å². The van der Waals surface area contributed by atoms with Crippen LogP contribution in [0.2, 0.25) is 0 Å². The van der Waals surface area contributed by atoms with Crippen molar-refractivity contribution in [2.45, 2.75) is 12.8 Å². The van der Waals surface area contributed by atoms with Crippen molar-refractivity contribution in [2.24, 2.45) is 5.73 Å². The second-order valence-corrected chi connectivity index (χ2v) is 3.74. The second kappa shape index (κ2) is 4.94. The summed E-state index contributed by atoms with van der Waals surface area (Å²) in [5, 5.41) is 2.28. The molecular weight excluding hydrogens is 200 g/mol. The third-order valence-corrected chi connectivity index (χ3v) is 2.74. The monoisotopic (exact) mass is 216 g/mol. The summed E-state index contributed by atoms with van der Waals surface area (Å²) in [5.74, 6) is 0.875. The summed E-state index contributed by atoms with van der Waals surface area (Å²) in [6.07, 6.45) is 5.67. The number of nitrogens with zero attached hydrogens (tertiary/aromatic N) is 1. The highest BCUT2D eigenvalue weighted by atomic mass is 16.5. The minimum Gasteiger partial charge on any atom is -0.496 e. The lowest BCUT2D eigenvalue weighted by molar-refractivity contribution is 0.419. The Hall–Kier alpha value is -1.61. The van der Waals surface area contributed by atoms with Gasteiger partial charge in [-0.05, 0) is 42.5 Å². The van der Waals surface area contributed by atoms with Gasteiger partial charge in [0.2, 0.25) is 0 Å². The van der Waals surface area contributed by atoms with Gasteiger partial charge in [-0.3, -0.25) is 4.98 Å². The van der Waals surface area contributed by atoms with Crippen molar-refractivity contribution >= 4 is 10.8 Å². The number of pyridine rings is 1. The molecule has 2 aromatic rings. The maximum atomic E-state index is 5.54. The van der Waals surface area contributed by atoms with E-state index in [2.05, 4.69) is 11.1 Å². The quantitative estimate of drug-likeness (QED) is 0.851. The highest BCUT2D eigenvalue weighted by molar-refractivity contribution is 5.90. The smallest absolute Gasteiger partial charge is 0.128 e. The van der Waals surface area contributed by atoms with Gasteiger partial charge in [0.25, 0.3) is 0 Å². The van der Waals surface area contributed by atoms with Crippen LogP contribution in [0.5, 0.6) is 5.75 Å². The minimum atomic E-state index is 0.721. The molecule has 1 heterocycles. The molecule has 0 aliphatic rings. The number of hydrogen-bond acceptors (Lipinski definition) is 3. The van der Waals surface area contributed by atoms with Crippen molar-refractivity contribution in [3.05, 3.63) is 36.2 Å². The van der Waals surface area contributed by atoms with E-state index in [1.54, 1.807) is 7.11 Å². The highest BCUT2D eigenvalue weighted by Gasteiger charge is 2.05. The summed E-state index contributed by atoms with van der Waals surface area (Å²) in [6.45, 7) is 0.721. The predicted molar refractivity (Wildman–Crippen MR) is 65.7 cm³/mol. The lowest BCUT2D eigenvalue weighted by Gasteiger charge is -2.09. The van der Waals surface area contributed by atoms with Gasteiger partial charge in [-0.25, -0.2) is 0 Å². The summed E-state index contributed by atoms with van der Waals surface area (Å²) >= 11 is 0. The first-order chi connectivity index (χ1) is 7.86. The summed E-state index contributed by atoms with van der Waals surface area (Å²) in [5.41, 5.74) is 6.85. The van der Waals surface area contributed by atoms with Crippen LogP contribution in [0.4, 0.5) is 0 Å². The van der Waals surface area contributed by atoms with Crippen LogP contribution in [0.3, 0.4) is 0 Å². The maximum Gasteiger partial charge on any atom is 0.128 e. The van der Waals surface area contributed by atoms with E-state index in [-0.39, 0.29) is 0 Å². The van der Waals surface area contributed by atoms with Gasteiger partial charge in [0.1, 0.15) is 5.75 Å². The van der Waals surface area contributed by atoms with Crippen molar-refractivity contribution in [3.8, 4) is 5.75 Å². The van der Waals surface area contributed by atoms with Crippen LogP contribution in [0.25, 0.3) is 10.8 Å². The van der Waals surface area contributed by atoms with E-state index in [0.717, 1.165) is 30.5 Å². The van der Waals surface area contributed by atoms with Crippen LogP contribution in [0, 0.1) is 0 Å². The molecule has 84 valence electrons. The van der Waals surface area contributed by atoms with E-state index in [1.165, 1.54) is 10.9 Å². The first-order valence-corrected chi connectivity index (χ1v) is 5.46. The topological polar surface area (TPSA) is 48.1 Å². The maximum absolute atomic E-state index is 5.54. The van der Waals surface area contributed by atoms with E-state index in [0.29, 0.717) is 0 Å². The molecule has 0 aliphatic heterocycles. The fraction of sp³-hybridized carbons (Fsp3) is 0.308. The molecule has 0 saturated carbocycles. The van der Waals surface area contributed by atoms with Crippen molar-refractivity contribution in [3.63, 3.8) is 0 Å². The molecule has 0 aliphatic carbocycles.